The van der Waals surface area contributed by atoms with Crippen LogP contribution in [0.15, 0.2) is 48.5 Å². The molecule has 3 rings (SSSR count). The van der Waals surface area contributed by atoms with Gasteiger partial charge in [-0.05, 0) is 55.8 Å². The molecule has 0 aliphatic heterocycles. The third-order valence-electron chi connectivity index (χ3n) is 3.76. The zero-order valence-corrected chi connectivity index (χ0v) is 14.5. The number of rotatable bonds is 4. The number of carbonyl (C=O) groups is 1. The summed E-state index contributed by atoms with van der Waals surface area (Å²) in [7, 11) is 0. The van der Waals surface area contributed by atoms with Crippen LogP contribution in [-0.4, -0.2) is 20.7 Å². The fraction of sp³-hybridized carbons (Fsp3) is 0.167. The number of aromatic nitrogens is 3. The molecule has 25 heavy (non-hydrogen) atoms. The van der Waals surface area contributed by atoms with Crippen LogP contribution in [0.4, 0.5) is 4.39 Å². The van der Waals surface area contributed by atoms with E-state index < -0.39 is 0 Å². The van der Waals surface area contributed by atoms with Crippen LogP contribution in [-0.2, 0) is 0 Å². The number of amides is 1. The van der Waals surface area contributed by atoms with Crippen LogP contribution in [0.2, 0.25) is 5.02 Å². The van der Waals surface area contributed by atoms with Gasteiger partial charge in [0.2, 0.25) is 5.82 Å². The molecule has 0 spiro atoms. The number of carbonyl (C=O) groups excluding carboxylic acids is 1. The Labute approximate surface area is 149 Å². The Morgan fingerprint density at radius 1 is 1.16 bits per heavy atom. The monoisotopic (exact) mass is 358 g/mol. The lowest BCUT2D eigenvalue weighted by atomic mass is 10.1. The molecule has 0 bridgehead atoms. The van der Waals surface area contributed by atoms with Gasteiger partial charge in [-0.2, -0.15) is 0 Å². The highest BCUT2D eigenvalue weighted by Gasteiger charge is 2.18. The minimum Gasteiger partial charge on any atom is -0.343 e. The highest BCUT2D eigenvalue weighted by Crippen LogP contribution is 2.17. The number of hydrogen-bond donors (Lipinski definition) is 1. The van der Waals surface area contributed by atoms with Gasteiger partial charge >= 0.3 is 0 Å². The van der Waals surface area contributed by atoms with Crippen molar-refractivity contribution in [2.24, 2.45) is 0 Å². The van der Waals surface area contributed by atoms with Crippen LogP contribution in [0, 0.1) is 12.7 Å². The molecule has 0 fully saturated rings. The summed E-state index contributed by atoms with van der Waals surface area (Å²) in [6.07, 6.45) is 0. The predicted octanol–water partition coefficient (Wildman–Crippen LogP) is 3.86. The minimum atomic E-state index is -0.383. The van der Waals surface area contributed by atoms with Crippen molar-refractivity contribution >= 4 is 17.5 Å². The summed E-state index contributed by atoms with van der Waals surface area (Å²) in [6, 6.07) is 12.8. The van der Waals surface area contributed by atoms with Crippen molar-refractivity contribution in [3.63, 3.8) is 0 Å². The predicted molar refractivity (Wildman–Crippen MR) is 93.4 cm³/mol. The molecular weight excluding hydrogens is 343 g/mol. The molecular formula is C18H16ClFN4O. The molecule has 1 amide bonds. The summed E-state index contributed by atoms with van der Waals surface area (Å²) in [4.78, 5) is 16.6. The van der Waals surface area contributed by atoms with E-state index in [1.54, 1.807) is 31.2 Å². The topological polar surface area (TPSA) is 59.8 Å². The van der Waals surface area contributed by atoms with Crippen molar-refractivity contribution < 1.29 is 9.18 Å². The van der Waals surface area contributed by atoms with Gasteiger partial charge < -0.3 is 5.32 Å². The molecule has 1 aromatic heterocycles. The second-order valence-corrected chi connectivity index (χ2v) is 6.05. The average molecular weight is 359 g/mol. The van der Waals surface area contributed by atoms with E-state index in [4.69, 9.17) is 11.6 Å². The maximum Gasteiger partial charge on any atom is 0.291 e. The Kier molecular flexibility index (Phi) is 4.81. The fourth-order valence-electron chi connectivity index (χ4n) is 2.41. The first kappa shape index (κ1) is 17.1. The number of halogens is 2. The average Bonchev–Trinajstić information content (AvgIpc) is 2.98. The van der Waals surface area contributed by atoms with Crippen LogP contribution in [0.3, 0.4) is 0 Å². The minimum absolute atomic E-state index is 0.0580. The third-order valence-corrected chi connectivity index (χ3v) is 4.01. The van der Waals surface area contributed by atoms with E-state index >= 15 is 0 Å². The maximum atomic E-state index is 13.0. The number of aryl methyl sites for hydroxylation is 1. The highest BCUT2D eigenvalue weighted by atomic mass is 35.5. The number of nitrogens with one attached hydrogen (secondary N) is 1. The molecule has 1 atom stereocenters. The van der Waals surface area contributed by atoms with Crippen molar-refractivity contribution in [3.8, 4) is 5.69 Å². The molecule has 1 N–H and O–H groups in total. The zero-order chi connectivity index (χ0) is 18.0. The van der Waals surface area contributed by atoms with Crippen molar-refractivity contribution in [1.82, 2.24) is 20.1 Å². The molecule has 0 aliphatic rings. The number of benzene rings is 2. The maximum absolute atomic E-state index is 13.0. The van der Waals surface area contributed by atoms with E-state index in [9.17, 15) is 9.18 Å². The standard InChI is InChI=1S/C18H16ClFN4O/c1-11(13-3-5-14(19)6-4-13)21-18(25)17-22-12(2)24(23-17)16-9-7-15(20)8-10-16/h3-11H,1-2H3,(H,21,25)/t11-/m1/s1. The Hall–Kier alpha value is -2.73. The van der Waals surface area contributed by atoms with Crippen LogP contribution in [0.1, 0.15) is 35.0 Å². The first-order chi connectivity index (χ1) is 11.9. The third kappa shape index (κ3) is 3.85. The molecule has 3 aromatic rings. The summed E-state index contributed by atoms with van der Waals surface area (Å²) in [5.74, 6) is -0.124. The van der Waals surface area contributed by atoms with Gasteiger partial charge in [0.1, 0.15) is 11.6 Å². The molecule has 0 radical (unpaired) electrons. The van der Waals surface area contributed by atoms with Gasteiger partial charge in [-0.15, -0.1) is 5.10 Å². The van der Waals surface area contributed by atoms with Crippen LogP contribution < -0.4 is 5.32 Å². The molecule has 5 nitrogen and oxygen atoms in total. The van der Waals surface area contributed by atoms with Crippen molar-refractivity contribution in [2.45, 2.75) is 19.9 Å². The summed E-state index contributed by atoms with van der Waals surface area (Å²) in [5.41, 5.74) is 1.56. The van der Waals surface area contributed by atoms with Gasteiger partial charge in [0, 0.05) is 5.02 Å². The lowest BCUT2D eigenvalue weighted by Gasteiger charge is -2.13. The highest BCUT2D eigenvalue weighted by molar-refractivity contribution is 6.30. The van der Waals surface area contributed by atoms with E-state index in [0.29, 0.717) is 16.5 Å². The van der Waals surface area contributed by atoms with Gasteiger partial charge in [-0.25, -0.2) is 14.1 Å². The summed E-state index contributed by atoms with van der Waals surface area (Å²) >= 11 is 5.87. The molecule has 2 aromatic carbocycles. The molecule has 0 saturated heterocycles. The SMILES string of the molecule is Cc1nc(C(=O)N[C@H](C)c2ccc(Cl)cc2)nn1-c1ccc(F)cc1. The zero-order valence-electron chi connectivity index (χ0n) is 13.7. The smallest absolute Gasteiger partial charge is 0.291 e. The second-order valence-electron chi connectivity index (χ2n) is 5.62. The van der Waals surface area contributed by atoms with Crippen molar-refractivity contribution in [2.75, 3.05) is 0 Å². The van der Waals surface area contributed by atoms with Crippen molar-refractivity contribution in [1.29, 1.82) is 0 Å². The molecule has 7 heteroatoms. The van der Waals surface area contributed by atoms with E-state index in [1.807, 2.05) is 19.1 Å². The van der Waals surface area contributed by atoms with Gasteiger partial charge in [-0.3, -0.25) is 4.79 Å². The normalized spacial score (nSPS) is 12.0. The molecule has 128 valence electrons. The van der Waals surface area contributed by atoms with Crippen LogP contribution in [0.25, 0.3) is 5.69 Å². The summed E-state index contributed by atoms with van der Waals surface area (Å²) in [5, 5.41) is 7.71. The molecule has 0 saturated carbocycles. The van der Waals surface area contributed by atoms with Gasteiger partial charge in [0.05, 0.1) is 11.7 Å². The largest absolute Gasteiger partial charge is 0.343 e. The Morgan fingerprint density at radius 3 is 2.44 bits per heavy atom. The van der Waals surface area contributed by atoms with Crippen LogP contribution >= 0.6 is 11.6 Å². The molecule has 1 heterocycles. The lowest BCUT2D eigenvalue weighted by molar-refractivity contribution is 0.0929. The Balaban J connectivity index is 1.77. The van der Waals surface area contributed by atoms with E-state index in [-0.39, 0.29) is 23.6 Å². The van der Waals surface area contributed by atoms with E-state index in [1.165, 1.54) is 16.8 Å². The summed E-state index contributed by atoms with van der Waals surface area (Å²) < 4.78 is 14.5. The van der Waals surface area contributed by atoms with Gasteiger partial charge in [0.15, 0.2) is 0 Å². The van der Waals surface area contributed by atoms with Crippen molar-refractivity contribution in [3.05, 3.63) is 76.6 Å². The second kappa shape index (κ2) is 7.03. The molecule has 0 unspecified atom stereocenters. The van der Waals surface area contributed by atoms with E-state index in [0.717, 1.165) is 5.56 Å². The number of hydrogen-bond acceptors (Lipinski definition) is 3. The van der Waals surface area contributed by atoms with E-state index in [2.05, 4.69) is 15.4 Å². The lowest BCUT2D eigenvalue weighted by Crippen LogP contribution is -2.27. The Morgan fingerprint density at radius 2 is 1.80 bits per heavy atom. The van der Waals surface area contributed by atoms with Gasteiger partial charge in [-0.1, -0.05) is 23.7 Å². The van der Waals surface area contributed by atoms with Gasteiger partial charge in [0.25, 0.3) is 5.91 Å². The quantitative estimate of drug-likeness (QED) is 0.770. The first-order valence-electron chi connectivity index (χ1n) is 7.70. The van der Waals surface area contributed by atoms with Crippen LogP contribution in [0.5, 0.6) is 0 Å². The summed E-state index contributed by atoms with van der Waals surface area (Å²) in [6.45, 7) is 3.60. The Bertz CT molecular complexity index is 890. The molecule has 0 aliphatic carbocycles. The fourth-order valence-corrected chi connectivity index (χ4v) is 2.54. The number of nitrogens with zero attached hydrogens (tertiary/aromatic N) is 3. The first-order valence-corrected chi connectivity index (χ1v) is 8.08.